The van der Waals surface area contributed by atoms with Crippen LogP contribution in [0.3, 0.4) is 0 Å². The van der Waals surface area contributed by atoms with Crippen molar-refractivity contribution in [3.63, 3.8) is 0 Å². The number of halogens is 3. The number of benzene rings is 1. The van der Waals surface area contributed by atoms with Crippen LogP contribution in [0.1, 0.15) is 31.7 Å². The number of rotatable bonds is 6. The molecule has 1 aliphatic rings. The van der Waals surface area contributed by atoms with Gasteiger partial charge in [0.05, 0.1) is 0 Å². The third-order valence-corrected chi connectivity index (χ3v) is 4.79. The van der Waals surface area contributed by atoms with Gasteiger partial charge in [-0.25, -0.2) is 0 Å². The minimum atomic E-state index is 0. The number of hydrogen-bond donors (Lipinski definition) is 2. The molecule has 0 saturated carbocycles. The molecule has 1 amide bonds. The number of nitrogens with zero attached hydrogens (tertiary/aromatic N) is 2. The summed E-state index contributed by atoms with van der Waals surface area (Å²) in [6, 6.07) is 5.84. The van der Waals surface area contributed by atoms with Gasteiger partial charge < -0.3 is 15.5 Å². The first-order chi connectivity index (χ1) is 12.0. The van der Waals surface area contributed by atoms with E-state index in [9.17, 15) is 4.79 Å². The summed E-state index contributed by atoms with van der Waals surface area (Å²) < 4.78 is 0. The third kappa shape index (κ3) is 7.48. The average molecular weight is 513 g/mol. The number of aryl methyl sites for hydroxylation is 1. The Morgan fingerprint density at radius 1 is 1.38 bits per heavy atom. The Bertz CT molecular complexity index is 627. The summed E-state index contributed by atoms with van der Waals surface area (Å²) in [5.41, 5.74) is 1.09. The molecule has 0 spiro atoms. The lowest BCUT2D eigenvalue weighted by molar-refractivity contribution is -0.132. The lowest BCUT2D eigenvalue weighted by atomic mass is 10.1. The molecule has 0 aromatic heterocycles. The van der Waals surface area contributed by atoms with Crippen LogP contribution in [0, 0.1) is 0 Å². The summed E-state index contributed by atoms with van der Waals surface area (Å²) in [5, 5.41) is 8.05. The number of amides is 1. The van der Waals surface area contributed by atoms with Crippen molar-refractivity contribution in [3.05, 3.63) is 33.8 Å². The van der Waals surface area contributed by atoms with Gasteiger partial charge in [0, 0.05) is 49.2 Å². The number of likely N-dealkylation sites (tertiary alicyclic amines) is 1. The van der Waals surface area contributed by atoms with Gasteiger partial charge in [-0.3, -0.25) is 9.79 Å². The summed E-state index contributed by atoms with van der Waals surface area (Å²) in [7, 11) is 1.84. The van der Waals surface area contributed by atoms with Crippen LogP contribution in [0.5, 0.6) is 0 Å². The molecular weight excluding hydrogens is 486 g/mol. The molecule has 1 atom stereocenters. The fraction of sp³-hybridized carbons (Fsp3) is 0.556. The van der Waals surface area contributed by atoms with Gasteiger partial charge in [-0.2, -0.15) is 0 Å². The van der Waals surface area contributed by atoms with Gasteiger partial charge in [-0.15, -0.1) is 24.0 Å². The molecule has 2 N–H and O–H groups in total. The fourth-order valence-electron chi connectivity index (χ4n) is 2.83. The van der Waals surface area contributed by atoms with E-state index in [0.29, 0.717) is 29.6 Å². The molecule has 1 fully saturated rings. The summed E-state index contributed by atoms with van der Waals surface area (Å²) in [6.07, 6.45) is 3.19. The van der Waals surface area contributed by atoms with Crippen molar-refractivity contribution in [3.8, 4) is 0 Å². The van der Waals surface area contributed by atoms with Crippen LogP contribution in [0.4, 0.5) is 0 Å². The topological polar surface area (TPSA) is 56.7 Å². The molecule has 8 heteroatoms. The Morgan fingerprint density at radius 3 is 2.81 bits per heavy atom. The highest BCUT2D eigenvalue weighted by Crippen LogP contribution is 2.22. The molecular formula is C18H27Cl2IN4O. The highest BCUT2D eigenvalue weighted by atomic mass is 127. The molecule has 1 aromatic carbocycles. The van der Waals surface area contributed by atoms with Crippen LogP contribution < -0.4 is 10.6 Å². The van der Waals surface area contributed by atoms with Crippen LogP contribution in [0.2, 0.25) is 10.0 Å². The van der Waals surface area contributed by atoms with Gasteiger partial charge in [0.25, 0.3) is 0 Å². The molecule has 0 aliphatic carbocycles. The zero-order chi connectivity index (χ0) is 18.2. The third-order valence-electron chi connectivity index (χ3n) is 4.20. The Balaban J connectivity index is 0.00000338. The Hall–Kier alpha value is -0.730. The molecule has 1 unspecified atom stereocenters. The number of guanidine groups is 1. The van der Waals surface area contributed by atoms with E-state index in [1.54, 1.807) is 11.0 Å². The molecule has 5 nitrogen and oxygen atoms in total. The second-order valence-corrected chi connectivity index (χ2v) is 7.10. The van der Waals surface area contributed by atoms with Gasteiger partial charge >= 0.3 is 0 Å². The summed E-state index contributed by atoms with van der Waals surface area (Å²) in [4.78, 5) is 18.0. The van der Waals surface area contributed by atoms with Crippen molar-refractivity contribution in [2.45, 2.75) is 38.6 Å². The number of carbonyl (C=O) groups is 1. The first-order valence-electron chi connectivity index (χ1n) is 8.72. The molecule has 146 valence electrons. The molecule has 26 heavy (non-hydrogen) atoms. The van der Waals surface area contributed by atoms with Crippen molar-refractivity contribution >= 4 is 59.0 Å². The summed E-state index contributed by atoms with van der Waals surface area (Å²) in [5.74, 6) is 1.01. The van der Waals surface area contributed by atoms with Crippen molar-refractivity contribution in [2.75, 3.05) is 26.7 Å². The van der Waals surface area contributed by atoms with Crippen molar-refractivity contribution < 1.29 is 4.79 Å². The van der Waals surface area contributed by atoms with E-state index in [2.05, 4.69) is 15.6 Å². The summed E-state index contributed by atoms with van der Waals surface area (Å²) >= 11 is 12.1. The van der Waals surface area contributed by atoms with E-state index in [0.717, 1.165) is 37.3 Å². The largest absolute Gasteiger partial charge is 0.357 e. The maximum absolute atomic E-state index is 11.6. The number of nitrogens with one attached hydrogen (secondary N) is 2. The Labute approximate surface area is 182 Å². The van der Waals surface area contributed by atoms with Crippen molar-refractivity contribution in [1.82, 2.24) is 15.5 Å². The molecule has 0 bridgehead atoms. The monoisotopic (exact) mass is 512 g/mol. The Kier molecular flexibility index (Phi) is 10.6. The standard InChI is InChI=1S/C18H26Cl2N4O.HI/c1-3-21-18(23-15-8-9-17(25)24(2)12-15)22-10-4-5-13-6-7-14(19)11-16(13)20;/h6-7,11,15H,3-5,8-10,12H2,1-2H3,(H2,21,22,23);1H. The van der Waals surface area contributed by atoms with Gasteiger partial charge in [0.1, 0.15) is 0 Å². The number of likely N-dealkylation sites (N-methyl/N-ethyl adjacent to an activating group) is 1. The lowest BCUT2D eigenvalue weighted by Gasteiger charge is -2.31. The minimum Gasteiger partial charge on any atom is -0.357 e. The zero-order valence-corrected chi connectivity index (χ0v) is 19.1. The molecule has 0 radical (unpaired) electrons. The highest BCUT2D eigenvalue weighted by molar-refractivity contribution is 14.0. The number of piperidine rings is 1. The molecule has 1 aromatic rings. The van der Waals surface area contributed by atoms with E-state index < -0.39 is 0 Å². The minimum absolute atomic E-state index is 0. The van der Waals surface area contributed by atoms with Gasteiger partial charge in [0.2, 0.25) is 5.91 Å². The molecule has 2 rings (SSSR count). The molecule has 1 aliphatic heterocycles. The first-order valence-corrected chi connectivity index (χ1v) is 9.48. The highest BCUT2D eigenvalue weighted by Gasteiger charge is 2.23. The van der Waals surface area contributed by atoms with Gasteiger partial charge in [0.15, 0.2) is 5.96 Å². The zero-order valence-electron chi connectivity index (χ0n) is 15.2. The van der Waals surface area contributed by atoms with Crippen LogP contribution in [-0.4, -0.2) is 49.5 Å². The smallest absolute Gasteiger partial charge is 0.222 e. The maximum atomic E-state index is 11.6. The normalized spacial score (nSPS) is 17.7. The lowest BCUT2D eigenvalue weighted by Crippen LogP contribution is -2.51. The number of hydrogen-bond acceptors (Lipinski definition) is 2. The van der Waals surface area contributed by atoms with E-state index in [4.69, 9.17) is 23.2 Å². The maximum Gasteiger partial charge on any atom is 0.222 e. The predicted molar refractivity (Wildman–Crippen MR) is 120 cm³/mol. The second-order valence-electron chi connectivity index (χ2n) is 6.25. The van der Waals surface area contributed by atoms with Crippen LogP contribution in [0.15, 0.2) is 23.2 Å². The molecule has 1 saturated heterocycles. The SMILES string of the molecule is CCNC(=NCCCc1ccc(Cl)cc1Cl)NC1CCC(=O)N(C)C1.I. The molecule has 1 heterocycles. The first kappa shape index (κ1) is 23.3. The van der Waals surface area contributed by atoms with Crippen molar-refractivity contribution in [1.29, 1.82) is 0 Å². The number of aliphatic imine (C=N–C) groups is 1. The van der Waals surface area contributed by atoms with E-state index in [1.807, 2.05) is 26.1 Å². The second kappa shape index (κ2) is 11.9. The van der Waals surface area contributed by atoms with E-state index in [1.165, 1.54) is 0 Å². The van der Waals surface area contributed by atoms with E-state index >= 15 is 0 Å². The Morgan fingerprint density at radius 2 is 2.15 bits per heavy atom. The summed E-state index contributed by atoms with van der Waals surface area (Å²) in [6.45, 7) is 4.26. The van der Waals surface area contributed by atoms with Crippen LogP contribution in [0.25, 0.3) is 0 Å². The number of carbonyl (C=O) groups excluding carboxylic acids is 1. The van der Waals surface area contributed by atoms with Crippen LogP contribution >= 0.6 is 47.2 Å². The fourth-order valence-corrected chi connectivity index (χ4v) is 3.33. The quantitative estimate of drug-likeness (QED) is 0.264. The average Bonchev–Trinajstić information content (AvgIpc) is 2.56. The van der Waals surface area contributed by atoms with Crippen LogP contribution in [-0.2, 0) is 11.2 Å². The van der Waals surface area contributed by atoms with Gasteiger partial charge in [-0.1, -0.05) is 29.3 Å². The predicted octanol–water partition coefficient (Wildman–Crippen LogP) is 3.72. The van der Waals surface area contributed by atoms with Gasteiger partial charge in [-0.05, 0) is 43.9 Å². The van der Waals surface area contributed by atoms with E-state index in [-0.39, 0.29) is 35.9 Å². The van der Waals surface area contributed by atoms with Crippen molar-refractivity contribution in [2.24, 2.45) is 4.99 Å².